The predicted octanol–water partition coefficient (Wildman–Crippen LogP) is 3.35. The number of halogens is 3. The van der Waals surface area contributed by atoms with Gasteiger partial charge in [-0.3, -0.25) is 14.5 Å². The number of carboxylic acids is 1. The van der Waals surface area contributed by atoms with Gasteiger partial charge >= 0.3 is 12.1 Å². The molecule has 2 amide bonds. The average molecular weight is 416 g/mol. The second-order valence-electron chi connectivity index (χ2n) is 7.86. The number of alkyl halides is 2. The van der Waals surface area contributed by atoms with Gasteiger partial charge in [0.05, 0.1) is 19.0 Å². The molecule has 1 heterocycles. The van der Waals surface area contributed by atoms with Crippen molar-refractivity contribution >= 4 is 18.0 Å². The standard InChI is InChI=1S/C19H23F3N2O5/c1-18(2,3)29-17(28)24-10-19(21,22)9-14(24)11-6-12(8-13(20)7-11)16(27)23-5-4-15(25)26/h6-8,14H,4-5,9-10H2,1-3H3,(H,23,27)(H,25,26). The molecule has 0 bridgehead atoms. The van der Waals surface area contributed by atoms with Crippen LogP contribution in [0, 0.1) is 5.82 Å². The van der Waals surface area contributed by atoms with Crippen molar-refractivity contribution in [3.63, 3.8) is 0 Å². The monoisotopic (exact) mass is 416 g/mol. The van der Waals surface area contributed by atoms with Gasteiger partial charge in [-0.05, 0) is 44.5 Å². The van der Waals surface area contributed by atoms with E-state index in [-0.39, 0.29) is 24.1 Å². The highest BCUT2D eigenvalue weighted by Gasteiger charge is 2.49. The van der Waals surface area contributed by atoms with E-state index in [0.29, 0.717) is 0 Å². The van der Waals surface area contributed by atoms with Gasteiger partial charge in [0.2, 0.25) is 0 Å². The third-order valence-corrected chi connectivity index (χ3v) is 4.09. The van der Waals surface area contributed by atoms with Gasteiger partial charge in [0.25, 0.3) is 11.8 Å². The number of likely N-dealkylation sites (tertiary alicyclic amines) is 1. The van der Waals surface area contributed by atoms with Gasteiger partial charge in [-0.2, -0.15) is 0 Å². The number of carbonyl (C=O) groups excluding carboxylic acids is 2. The van der Waals surface area contributed by atoms with E-state index in [4.69, 9.17) is 9.84 Å². The van der Waals surface area contributed by atoms with Crippen molar-refractivity contribution in [3.05, 3.63) is 35.1 Å². The first-order valence-electron chi connectivity index (χ1n) is 8.95. The van der Waals surface area contributed by atoms with E-state index in [1.165, 1.54) is 6.07 Å². The number of rotatable bonds is 5. The fourth-order valence-corrected chi connectivity index (χ4v) is 2.95. The van der Waals surface area contributed by atoms with Gasteiger partial charge in [0.1, 0.15) is 11.4 Å². The Kier molecular flexibility index (Phi) is 6.44. The van der Waals surface area contributed by atoms with Gasteiger partial charge in [-0.1, -0.05) is 0 Å². The average Bonchev–Trinajstić information content (AvgIpc) is 2.88. The maximum Gasteiger partial charge on any atom is 0.411 e. The molecule has 10 heteroatoms. The number of ether oxygens (including phenoxy) is 1. The minimum Gasteiger partial charge on any atom is -0.481 e. The van der Waals surface area contributed by atoms with Gasteiger partial charge in [-0.15, -0.1) is 0 Å². The molecule has 160 valence electrons. The molecule has 0 spiro atoms. The number of benzene rings is 1. The van der Waals surface area contributed by atoms with Gasteiger partial charge in [-0.25, -0.2) is 18.0 Å². The quantitative estimate of drug-likeness (QED) is 0.768. The van der Waals surface area contributed by atoms with Crippen LogP contribution in [0.1, 0.15) is 55.6 Å². The van der Waals surface area contributed by atoms with E-state index in [1.807, 2.05) is 0 Å². The van der Waals surface area contributed by atoms with Crippen LogP contribution in [0.4, 0.5) is 18.0 Å². The Morgan fingerprint density at radius 3 is 2.52 bits per heavy atom. The summed E-state index contributed by atoms with van der Waals surface area (Å²) in [4.78, 5) is 35.9. The van der Waals surface area contributed by atoms with Crippen molar-refractivity contribution < 1.29 is 37.4 Å². The number of hydrogen-bond acceptors (Lipinski definition) is 4. The highest BCUT2D eigenvalue weighted by Crippen LogP contribution is 2.42. The largest absolute Gasteiger partial charge is 0.481 e. The van der Waals surface area contributed by atoms with E-state index in [2.05, 4.69) is 5.32 Å². The molecule has 29 heavy (non-hydrogen) atoms. The minimum absolute atomic E-state index is 0.0245. The van der Waals surface area contributed by atoms with Gasteiger partial charge < -0.3 is 15.2 Å². The molecule has 1 aromatic carbocycles. The Balaban J connectivity index is 2.28. The summed E-state index contributed by atoms with van der Waals surface area (Å²) in [5.41, 5.74) is -1.04. The zero-order valence-electron chi connectivity index (χ0n) is 16.3. The van der Waals surface area contributed by atoms with E-state index in [0.717, 1.165) is 17.0 Å². The molecule has 0 saturated carbocycles. The molecule has 1 unspecified atom stereocenters. The maximum absolute atomic E-state index is 14.1. The van der Waals surface area contributed by atoms with E-state index in [1.54, 1.807) is 20.8 Å². The number of nitrogens with one attached hydrogen (secondary N) is 1. The molecule has 1 fully saturated rings. The summed E-state index contributed by atoms with van der Waals surface area (Å²) >= 11 is 0. The molecule has 1 atom stereocenters. The van der Waals surface area contributed by atoms with E-state index >= 15 is 0 Å². The van der Waals surface area contributed by atoms with Crippen molar-refractivity contribution in [1.82, 2.24) is 10.2 Å². The lowest BCUT2D eigenvalue weighted by atomic mass is 10.0. The Hall–Kier alpha value is -2.78. The first kappa shape index (κ1) is 22.5. The molecule has 0 aliphatic carbocycles. The summed E-state index contributed by atoms with van der Waals surface area (Å²) in [5.74, 6) is -5.91. The maximum atomic E-state index is 14.1. The number of carboxylic acid groups (broad SMARTS) is 1. The Bertz CT molecular complexity index is 808. The SMILES string of the molecule is CC(C)(C)OC(=O)N1CC(F)(F)CC1c1cc(F)cc(C(=O)NCCC(=O)O)c1. The Labute approximate surface area is 165 Å². The lowest BCUT2D eigenvalue weighted by Crippen LogP contribution is -2.38. The van der Waals surface area contributed by atoms with Crippen LogP contribution in [0.5, 0.6) is 0 Å². The van der Waals surface area contributed by atoms with Crippen LogP contribution in [0.25, 0.3) is 0 Å². The molecular weight excluding hydrogens is 393 g/mol. The zero-order chi connectivity index (χ0) is 22.0. The molecule has 2 N–H and O–H groups in total. The summed E-state index contributed by atoms with van der Waals surface area (Å²) < 4.78 is 47.4. The Morgan fingerprint density at radius 2 is 1.93 bits per heavy atom. The summed E-state index contributed by atoms with van der Waals surface area (Å²) in [6.07, 6.45) is -2.03. The molecule has 1 aliphatic rings. The lowest BCUT2D eigenvalue weighted by Gasteiger charge is -2.28. The molecule has 0 radical (unpaired) electrons. The number of amides is 2. The molecule has 1 saturated heterocycles. The normalized spacial score (nSPS) is 18.4. The van der Waals surface area contributed by atoms with Crippen LogP contribution in [-0.2, 0) is 9.53 Å². The second-order valence-corrected chi connectivity index (χ2v) is 7.86. The molecule has 2 rings (SSSR count). The highest BCUT2D eigenvalue weighted by molar-refractivity contribution is 5.94. The lowest BCUT2D eigenvalue weighted by molar-refractivity contribution is -0.136. The third kappa shape index (κ3) is 6.37. The molecular formula is C19H23F3N2O5. The fraction of sp³-hybridized carbons (Fsp3) is 0.526. The van der Waals surface area contributed by atoms with Crippen LogP contribution in [-0.4, -0.2) is 52.6 Å². The van der Waals surface area contributed by atoms with Crippen molar-refractivity contribution in [3.8, 4) is 0 Å². The smallest absolute Gasteiger partial charge is 0.411 e. The topological polar surface area (TPSA) is 95.9 Å². The van der Waals surface area contributed by atoms with Crippen LogP contribution >= 0.6 is 0 Å². The third-order valence-electron chi connectivity index (χ3n) is 4.09. The summed E-state index contributed by atoms with van der Waals surface area (Å²) in [6.45, 7) is 3.72. The molecule has 1 aliphatic heterocycles. The van der Waals surface area contributed by atoms with Gasteiger partial charge in [0.15, 0.2) is 0 Å². The molecule has 1 aromatic rings. The molecule has 7 nitrogen and oxygen atoms in total. The second kappa shape index (κ2) is 8.30. The predicted molar refractivity (Wildman–Crippen MR) is 96.2 cm³/mol. The van der Waals surface area contributed by atoms with Crippen LogP contribution in [0.15, 0.2) is 18.2 Å². The van der Waals surface area contributed by atoms with Crippen LogP contribution < -0.4 is 5.32 Å². The first-order chi connectivity index (χ1) is 13.3. The van der Waals surface area contributed by atoms with Crippen molar-refractivity contribution in [2.45, 2.75) is 51.2 Å². The van der Waals surface area contributed by atoms with Crippen molar-refractivity contribution in [2.75, 3.05) is 13.1 Å². The number of hydrogen-bond donors (Lipinski definition) is 2. The van der Waals surface area contributed by atoms with Crippen LogP contribution in [0.3, 0.4) is 0 Å². The molecule has 0 aromatic heterocycles. The van der Waals surface area contributed by atoms with Crippen molar-refractivity contribution in [2.24, 2.45) is 0 Å². The summed E-state index contributed by atoms with van der Waals surface area (Å²) in [7, 11) is 0. The Morgan fingerprint density at radius 1 is 1.28 bits per heavy atom. The van der Waals surface area contributed by atoms with Crippen molar-refractivity contribution in [1.29, 1.82) is 0 Å². The van der Waals surface area contributed by atoms with Gasteiger partial charge in [0, 0.05) is 18.5 Å². The van der Waals surface area contributed by atoms with E-state index in [9.17, 15) is 27.6 Å². The van der Waals surface area contributed by atoms with E-state index < -0.39 is 54.3 Å². The minimum atomic E-state index is -3.20. The summed E-state index contributed by atoms with van der Waals surface area (Å²) in [6, 6.07) is 1.92. The number of carbonyl (C=O) groups is 3. The zero-order valence-corrected chi connectivity index (χ0v) is 16.3. The number of nitrogens with zero attached hydrogens (tertiary/aromatic N) is 1. The fourth-order valence-electron chi connectivity index (χ4n) is 2.95. The summed E-state index contributed by atoms with van der Waals surface area (Å²) in [5, 5.41) is 10.9. The first-order valence-corrected chi connectivity index (χ1v) is 8.95. The van der Waals surface area contributed by atoms with Crippen LogP contribution in [0.2, 0.25) is 0 Å². The number of aliphatic carboxylic acids is 1. The highest BCUT2D eigenvalue weighted by atomic mass is 19.3.